The lowest BCUT2D eigenvalue weighted by Gasteiger charge is -2.41. The van der Waals surface area contributed by atoms with Crippen LogP contribution in [-0.4, -0.2) is 57.9 Å². The molecule has 3 rings (SSSR count). The molecule has 8 nitrogen and oxygen atoms in total. The van der Waals surface area contributed by atoms with Gasteiger partial charge in [0.25, 0.3) is 0 Å². The van der Waals surface area contributed by atoms with Crippen molar-refractivity contribution in [2.75, 3.05) is 19.6 Å². The number of carboxylic acid groups (broad SMARTS) is 1. The van der Waals surface area contributed by atoms with E-state index < -0.39 is 17.4 Å². The zero-order valence-corrected chi connectivity index (χ0v) is 13.9. The minimum atomic E-state index is -0.931. The highest BCUT2D eigenvalue weighted by atomic mass is 16.4. The molecule has 0 aliphatic carbocycles. The van der Waals surface area contributed by atoms with Crippen molar-refractivity contribution in [2.24, 2.45) is 5.92 Å². The van der Waals surface area contributed by atoms with Crippen LogP contribution in [0.25, 0.3) is 0 Å². The second-order valence-corrected chi connectivity index (χ2v) is 6.67. The van der Waals surface area contributed by atoms with E-state index >= 15 is 0 Å². The summed E-state index contributed by atoms with van der Waals surface area (Å²) in [7, 11) is 0. The van der Waals surface area contributed by atoms with Crippen LogP contribution in [0.15, 0.2) is 24.4 Å². The number of likely N-dealkylation sites (tertiary alicyclic amines) is 1. The zero-order chi connectivity index (χ0) is 17.9. The molecule has 8 heteroatoms. The number of hydrogen-bond acceptors (Lipinski definition) is 5. The Labute approximate surface area is 145 Å². The number of carbonyl (C=O) groups excluding carboxylic acids is 2. The SMILES string of the molecule is O=C(CN1CCC2(CC1)NC(=O)CC2C(=O)O)NCc1ccccn1. The summed E-state index contributed by atoms with van der Waals surface area (Å²) in [5.74, 6) is -1.90. The van der Waals surface area contributed by atoms with Crippen LogP contribution in [0.3, 0.4) is 0 Å². The first-order chi connectivity index (χ1) is 12.0. The molecule has 1 unspecified atom stereocenters. The number of rotatable bonds is 5. The Morgan fingerprint density at radius 3 is 2.76 bits per heavy atom. The summed E-state index contributed by atoms with van der Waals surface area (Å²) >= 11 is 0. The number of amides is 2. The van der Waals surface area contributed by atoms with Gasteiger partial charge in [-0.05, 0) is 25.0 Å². The maximum atomic E-state index is 12.1. The number of piperidine rings is 1. The van der Waals surface area contributed by atoms with Crippen molar-refractivity contribution in [2.45, 2.75) is 31.3 Å². The number of hydrogen-bond donors (Lipinski definition) is 3. The van der Waals surface area contributed by atoms with Gasteiger partial charge in [0.1, 0.15) is 0 Å². The molecule has 134 valence electrons. The molecule has 2 amide bonds. The van der Waals surface area contributed by atoms with E-state index in [-0.39, 0.29) is 24.8 Å². The molecule has 2 aliphatic rings. The van der Waals surface area contributed by atoms with Crippen LogP contribution in [0.2, 0.25) is 0 Å². The first-order valence-corrected chi connectivity index (χ1v) is 8.41. The van der Waals surface area contributed by atoms with Crippen molar-refractivity contribution in [3.05, 3.63) is 30.1 Å². The molecular weight excluding hydrogens is 324 g/mol. The molecular formula is C17H22N4O4. The van der Waals surface area contributed by atoms with Crippen LogP contribution in [0.5, 0.6) is 0 Å². The standard InChI is InChI=1S/C17H22N4O4/c22-14-9-13(16(24)25)17(20-14)4-7-21(8-5-17)11-15(23)19-10-12-3-1-2-6-18-12/h1-3,6,13H,4-5,7-11H2,(H,19,23)(H,20,22)(H,24,25). The largest absolute Gasteiger partial charge is 0.481 e. The highest BCUT2D eigenvalue weighted by Crippen LogP contribution is 2.36. The summed E-state index contributed by atoms with van der Waals surface area (Å²) < 4.78 is 0. The number of carboxylic acids is 1. The van der Waals surface area contributed by atoms with Gasteiger partial charge < -0.3 is 15.7 Å². The van der Waals surface area contributed by atoms with Crippen molar-refractivity contribution >= 4 is 17.8 Å². The van der Waals surface area contributed by atoms with E-state index in [9.17, 15) is 19.5 Å². The molecule has 2 aliphatic heterocycles. The molecule has 0 radical (unpaired) electrons. The van der Waals surface area contributed by atoms with Gasteiger partial charge in [-0.1, -0.05) is 6.07 Å². The molecule has 1 aromatic rings. The average Bonchev–Trinajstić information content (AvgIpc) is 2.93. The van der Waals surface area contributed by atoms with Gasteiger partial charge in [-0.15, -0.1) is 0 Å². The Kier molecular flexibility index (Phi) is 4.98. The molecule has 3 heterocycles. The summed E-state index contributed by atoms with van der Waals surface area (Å²) in [5.41, 5.74) is 0.135. The lowest BCUT2D eigenvalue weighted by atomic mass is 9.78. The predicted molar refractivity (Wildman–Crippen MR) is 88.4 cm³/mol. The lowest BCUT2D eigenvalue weighted by molar-refractivity contribution is -0.145. The zero-order valence-electron chi connectivity index (χ0n) is 13.9. The van der Waals surface area contributed by atoms with E-state index in [1.54, 1.807) is 6.20 Å². The van der Waals surface area contributed by atoms with Crippen molar-refractivity contribution in [1.82, 2.24) is 20.5 Å². The molecule has 0 aromatic carbocycles. The van der Waals surface area contributed by atoms with E-state index in [1.165, 1.54) is 0 Å². The topological polar surface area (TPSA) is 112 Å². The molecule has 1 spiro atoms. The highest BCUT2D eigenvalue weighted by molar-refractivity contribution is 5.88. The molecule has 1 aromatic heterocycles. The number of aromatic nitrogens is 1. The Balaban J connectivity index is 1.48. The van der Waals surface area contributed by atoms with E-state index in [1.807, 2.05) is 23.1 Å². The van der Waals surface area contributed by atoms with Crippen LogP contribution in [0.1, 0.15) is 25.0 Å². The maximum absolute atomic E-state index is 12.1. The Morgan fingerprint density at radius 1 is 1.36 bits per heavy atom. The summed E-state index contributed by atoms with van der Waals surface area (Å²) in [6, 6.07) is 5.54. The molecule has 2 saturated heterocycles. The molecule has 1 atom stereocenters. The first kappa shape index (κ1) is 17.3. The molecule has 25 heavy (non-hydrogen) atoms. The maximum Gasteiger partial charge on any atom is 0.309 e. The van der Waals surface area contributed by atoms with Gasteiger partial charge in [0.15, 0.2) is 0 Å². The fraction of sp³-hybridized carbons (Fsp3) is 0.529. The van der Waals surface area contributed by atoms with Crippen molar-refractivity contribution in [3.63, 3.8) is 0 Å². The Morgan fingerprint density at radius 2 is 2.12 bits per heavy atom. The number of aliphatic carboxylic acids is 1. The summed E-state index contributed by atoms with van der Waals surface area (Å²) in [6.45, 7) is 1.81. The molecule has 3 N–H and O–H groups in total. The molecule has 0 bridgehead atoms. The number of carbonyl (C=O) groups is 3. The number of nitrogens with one attached hydrogen (secondary N) is 2. The molecule has 0 saturated carbocycles. The summed E-state index contributed by atoms with van der Waals surface area (Å²) in [6.07, 6.45) is 2.81. The predicted octanol–water partition coefficient (Wildman–Crippen LogP) is -0.247. The van der Waals surface area contributed by atoms with Gasteiger partial charge in [0.05, 0.1) is 30.2 Å². The average molecular weight is 346 g/mol. The van der Waals surface area contributed by atoms with Crippen molar-refractivity contribution < 1.29 is 19.5 Å². The van der Waals surface area contributed by atoms with Gasteiger partial charge in [-0.2, -0.15) is 0 Å². The van der Waals surface area contributed by atoms with Gasteiger partial charge >= 0.3 is 5.97 Å². The number of pyridine rings is 1. The fourth-order valence-corrected chi connectivity index (χ4v) is 3.65. The van der Waals surface area contributed by atoms with Crippen LogP contribution >= 0.6 is 0 Å². The summed E-state index contributed by atoms with van der Waals surface area (Å²) in [4.78, 5) is 41.3. The molecule has 2 fully saturated rings. The van der Waals surface area contributed by atoms with Crippen molar-refractivity contribution in [3.8, 4) is 0 Å². The normalized spacial score (nSPS) is 22.6. The third-order valence-electron chi connectivity index (χ3n) is 5.05. The third-order valence-corrected chi connectivity index (χ3v) is 5.05. The van der Waals surface area contributed by atoms with Gasteiger partial charge in [-0.25, -0.2) is 0 Å². The quantitative estimate of drug-likeness (QED) is 0.678. The monoisotopic (exact) mass is 346 g/mol. The van der Waals surface area contributed by atoms with Crippen LogP contribution in [0, 0.1) is 5.92 Å². The minimum absolute atomic E-state index is 0.0416. The summed E-state index contributed by atoms with van der Waals surface area (Å²) in [5, 5.41) is 15.1. The second kappa shape index (κ2) is 7.18. The van der Waals surface area contributed by atoms with E-state index in [2.05, 4.69) is 15.6 Å². The van der Waals surface area contributed by atoms with Crippen LogP contribution in [0.4, 0.5) is 0 Å². The van der Waals surface area contributed by atoms with E-state index in [0.717, 1.165) is 5.69 Å². The number of nitrogens with zero attached hydrogens (tertiary/aromatic N) is 2. The van der Waals surface area contributed by atoms with E-state index in [0.29, 0.717) is 32.5 Å². The lowest BCUT2D eigenvalue weighted by Crippen LogP contribution is -2.56. The van der Waals surface area contributed by atoms with Crippen LogP contribution < -0.4 is 10.6 Å². The first-order valence-electron chi connectivity index (χ1n) is 8.41. The van der Waals surface area contributed by atoms with Crippen molar-refractivity contribution in [1.29, 1.82) is 0 Å². The van der Waals surface area contributed by atoms with E-state index in [4.69, 9.17) is 0 Å². The van der Waals surface area contributed by atoms with Gasteiger partial charge in [0.2, 0.25) is 11.8 Å². The van der Waals surface area contributed by atoms with Gasteiger partial charge in [-0.3, -0.25) is 24.3 Å². The smallest absolute Gasteiger partial charge is 0.309 e. The highest BCUT2D eigenvalue weighted by Gasteiger charge is 2.51. The Hall–Kier alpha value is -2.48. The van der Waals surface area contributed by atoms with Crippen LogP contribution in [-0.2, 0) is 20.9 Å². The Bertz CT molecular complexity index is 656. The second-order valence-electron chi connectivity index (χ2n) is 6.67. The minimum Gasteiger partial charge on any atom is -0.481 e. The fourth-order valence-electron chi connectivity index (χ4n) is 3.65. The third kappa shape index (κ3) is 3.96. The van der Waals surface area contributed by atoms with Gasteiger partial charge in [0, 0.05) is 25.7 Å².